The van der Waals surface area contributed by atoms with Gasteiger partial charge in [0.05, 0.1) is 5.92 Å². The summed E-state index contributed by atoms with van der Waals surface area (Å²) in [6.45, 7) is 0. The standard InChI is InChI=1S/C30H24O/c31-30-28(24-17-9-3-10-18-24)26(22-13-5-1-6-14-22)21-27(23-15-7-2-8-16-23)29(30)25-19-11-4-12-20-25/h1-20,26,28H,21H2. The van der Waals surface area contributed by atoms with Crippen molar-refractivity contribution in [3.05, 3.63) is 144 Å². The smallest absolute Gasteiger partial charge is 0.171 e. The maximum Gasteiger partial charge on any atom is 0.171 e. The summed E-state index contributed by atoms with van der Waals surface area (Å²) < 4.78 is 0. The lowest BCUT2D eigenvalue weighted by Gasteiger charge is -2.35. The molecule has 150 valence electrons. The number of carbonyl (C=O) groups excluding carboxylic acids is 1. The number of benzene rings is 4. The Morgan fingerprint density at radius 1 is 0.516 bits per heavy atom. The van der Waals surface area contributed by atoms with Crippen LogP contribution in [0.2, 0.25) is 0 Å². The molecule has 0 heterocycles. The molecule has 1 aliphatic carbocycles. The molecule has 1 heteroatoms. The van der Waals surface area contributed by atoms with Crippen molar-refractivity contribution in [2.75, 3.05) is 0 Å². The molecule has 0 radical (unpaired) electrons. The molecule has 2 unspecified atom stereocenters. The molecule has 5 rings (SSSR count). The molecular weight excluding hydrogens is 376 g/mol. The second-order valence-electron chi connectivity index (χ2n) is 8.06. The van der Waals surface area contributed by atoms with Gasteiger partial charge in [-0.1, -0.05) is 121 Å². The van der Waals surface area contributed by atoms with Gasteiger partial charge < -0.3 is 0 Å². The Hall–Kier alpha value is -3.71. The summed E-state index contributed by atoms with van der Waals surface area (Å²) in [5.41, 5.74) is 6.42. The molecule has 4 aromatic rings. The number of Topliss-reactive ketones (excluding diaryl/α,β-unsaturated/α-hetero) is 1. The highest BCUT2D eigenvalue weighted by molar-refractivity contribution is 6.31. The normalized spacial score (nSPS) is 18.8. The van der Waals surface area contributed by atoms with Crippen LogP contribution in [0.4, 0.5) is 0 Å². The van der Waals surface area contributed by atoms with E-state index >= 15 is 0 Å². The Kier molecular flexibility index (Phi) is 5.33. The van der Waals surface area contributed by atoms with Crippen LogP contribution in [-0.4, -0.2) is 5.78 Å². The fraction of sp³-hybridized carbons (Fsp3) is 0.100. The molecule has 31 heavy (non-hydrogen) atoms. The van der Waals surface area contributed by atoms with E-state index in [2.05, 4.69) is 72.8 Å². The minimum Gasteiger partial charge on any atom is -0.293 e. The van der Waals surface area contributed by atoms with E-state index in [-0.39, 0.29) is 17.6 Å². The first-order valence-corrected chi connectivity index (χ1v) is 10.8. The van der Waals surface area contributed by atoms with Gasteiger partial charge >= 0.3 is 0 Å². The van der Waals surface area contributed by atoms with Crippen LogP contribution in [0.1, 0.15) is 40.5 Å². The minimum absolute atomic E-state index is 0.0961. The molecular formula is C30H24O. The molecule has 4 aromatic carbocycles. The van der Waals surface area contributed by atoms with E-state index in [0.717, 1.165) is 34.3 Å². The van der Waals surface area contributed by atoms with Crippen molar-refractivity contribution >= 4 is 16.9 Å². The molecule has 2 atom stereocenters. The highest BCUT2D eigenvalue weighted by Crippen LogP contribution is 2.49. The van der Waals surface area contributed by atoms with Gasteiger partial charge in [-0.3, -0.25) is 4.79 Å². The summed E-state index contributed by atoms with van der Waals surface area (Å²) in [6.07, 6.45) is 0.823. The summed E-state index contributed by atoms with van der Waals surface area (Å²) in [5.74, 6) is 0.0985. The predicted octanol–water partition coefficient (Wildman–Crippen LogP) is 7.14. The van der Waals surface area contributed by atoms with E-state index in [1.54, 1.807) is 0 Å². The average molecular weight is 401 g/mol. The molecule has 0 spiro atoms. The van der Waals surface area contributed by atoms with Crippen LogP contribution in [0.15, 0.2) is 121 Å². The van der Waals surface area contributed by atoms with Gasteiger partial charge in [-0.2, -0.15) is 0 Å². The maximum atomic E-state index is 14.2. The number of rotatable bonds is 4. The fourth-order valence-corrected chi connectivity index (χ4v) is 4.80. The molecule has 0 saturated carbocycles. The lowest BCUT2D eigenvalue weighted by atomic mass is 9.67. The minimum atomic E-state index is -0.203. The molecule has 0 fully saturated rings. The third-order valence-corrected chi connectivity index (χ3v) is 6.23. The van der Waals surface area contributed by atoms with Crippen LogP contribution >= 0.6 is 0 Å². The van der Waals surface area contributed by atoms with Crippen LogP contribution in [-0.2, 0) is 4.79 Å². The van der Waals surface area contributed by atoms with Crippen molar-refractivity contribution in [1.29, 1.82) is 0 Å². The molecule has 1 nitrogen and oxygen atoms in total. The Morgan fingerprint density at radius 2 is 0.968 bits per heavy atom. The summed E-state index contributed by atoms with van der Waals surface area (Å²) in [6, 6.07) is 41.3. The van der Waals surface area contributed by atoms with Crippen LogP contribution < -0.4 is 0 Å². The lowest BCUT2D eigenvalue weighted by Crippen LogP contribution is -2.27. The number of allylic oxidation sites excluding steroid dienone is 2. The SMILES string of the molecule is O=C1C(c2ccccc2)=C(c2ccccc2)CC(c2ccccc2)C1c1ccccc1. The highest BCUT2D eigenvalue weighted by atomic mass is 16.1. The van der Waals surface area contributed by atoms with Gasteiger partial charge in [0, 0.05) is 11.5 Å². The number of hydrogen-bond acceptors (Lipinski definition) is 1. The summed E-state index contributed by atoms with van der Waals surface area (Å²) in [5, 5.41) is 0. The largest absolute Gasteiger partial charge is 0.293 e. The van der Waals surface area contributed by atoms with Gasteiger partial charge in [-0.15, -0.1) is 0 Å². The zero-order valence-corrected chi connectivity index (χ0v) is 17.3. The first-order valence-electron chi connectivity index (χ1n) is 10.8. The maximum absolute atomic E-state index is 14.2. The van der Waals surface area contributed by atoms with Crippen LogP contribution in [0.3, 0.4) is 0 Å². The molecule has 0 aromatic heterocycles. The van der Waals surface area contributed by atoms with Crippen molar-refractivity contribution in [2.45, 2.75) is 18.3 Å². The zero-order valence-electron chi connectivity index (χ0n) is 17.3. The van der Waals surface area contributed by atoms with E-state index in [9.17, 15) is 4.79 Å². The van der Waals surface area contributed by atoms with Gasteiger partial charge in [0.1, 0.15) is 0 Å². The van der Waals surface area contributed by atoms with Crippen LogP contribution in [0, 0.1) is 0 Å². The first kappa shape index (κ1) is 19.3. The topological polar surface area (TPSA) is 17.1 Å². The summed E-state index contributed by atoms with van der Waals surface area (Å²) in [4.78, 5) is 14.2. The quantitative estimate of drug-likeness (QED) is 0.356. The summed E-state index contributed by atoms with van der Waals surface area (Å²) in [7, 11) is 0. The Balaban J connectivity index is 1.75. The Morgan fingerprint density at radius 3 is 1.52 bits per heavy atom. The first-order chi connectivity index (χ1) is 15.3. The van der Waals surface area contributed by atoms with E-state index in [0.29, 0.717) is 0 Å². The third kappa shape index (κ3) is 3.75. The third-order valence-electron chi connectivity index (χ3n) is 6.23. The van der Waals surface area contributed by atoms with E-state index < -0.39 is 0 Å². The fourth-order valence-electron chi connectivity index (χ4n) is 4.80. The zero-order chi connectivity index (χ0) is 21.0. The second-order valence-corrected chi connectivity index (χ2v) is 8.06. The van der Waals surface area contributed by atoms with Gasteiger partial charge in [-0.05, 0) is 34.2 Å². The average Bonchev–Trinajstić information content (AvgIpc) is 2.85. The van der Waals surface area contributed by atoms with Crippen molar-refractivity contribution in [3.8, 4) is 0 Å². The molecule has 1 aliphatic rings. The van der Waals surface area contributed by atoms with Gasteiger partial charge in [0.15, 0.2) is 5.78 Å². The monoisotopic (exact) mass is 400 g/mol. The number of carbonyl (C=O) groups is 1. The second kappa shape index (κ2) is 8.57. The van der Waals surface area contributed by atoms with Crippen molar-refractivity contribution in [2.24, 2.45) is 0 Å². The van der Waals surface area contributed by atoms with Crippen molar-refractivity contribution < 1.29 is 4.79 Å². The molecule has 0 amide bonds. The van der Waals surface area contributed by atoms with Crippen molar-refractivity contribution in [1.82, 2.24) is 0 Å². The molecule has 0 saturated heterocycles. The molecule has 0 aliphatic heterocycles. The molecule has 0 N–H and O–H groups in total. The van der Waals surface area contributed by atoms with Crippen LogP contribution in [0.5, 0.6) is 0 Å². The summed E-state index contributed by atoms with van der Waals surface area (Å²) >= 11 is 0. The van der Waals surface area contributed by atoms with E-state index in [1.807, 2.05) is 48.5 Å². The van der Waals surface area contributed by atoms with Gasteiger partial charge in [0.25, 0.3) is 0 Å². The highest BCUT2D eigenvalue weighted by Gasteiger charge is 2.39. The van der Waals surface area contributed by atoms with Crippen LogP contribution in [0.25, 0.3) is 11.1 Å². The number of ketones is 1. The molecule has 0 bridgehead atoms. The van der Waals surface area contributed by atoms with Gasteiger partial charge in [0.2, 0.25) is 0 Å². The Bertz CT molecular complexity index is 1190. The predicted molar refractivity (Wildman–Crippen MR) is 128 cm³/mol. The van der Waals surface area contributed by atoms with E-state index in [1.165, 1.54) is 5.56 Å². The van der Waals surface area contributed by atoms with E-state index in [4.69, 9.17) is 0 Å². The Labute approximate surface area is 183 Å². The lowest BCUT2D eigenvalue weighted by molar-refractivity contribution is -0.115. The van der Waals surface area contributed by atoms with Crippen molar-refractivity contribution in [3.63, 3.8) is 0 Å². The van der Waals surface area contributed by atoms with Gasteiger partial charge in [-0.25, -0.2) is 0 Å². The number of hydrogen-bond donors (Lipinski definition) is 0.